The lowest BCUT2D eigenvalue weighted by Crippen LogP contribution is -2.18. The number of methoxy groups -OCH3 is 1. The highest BCUT2D eigenvalue weighted by Gasteiger charge is 2.08. The van der Waals surface area contributed by atoms with Crippen LogP contribution in [0.25, 0.3) is 0 Å². The molecule has 0 saturated carbocycles. The Morgan fingerprint density at radius 1 is 1.07 bits per heavy atom. The van der Waals surface area contributed by atoms with Crippen LogP contribution < -0.4 is 14.9 Å². The fourth-order valence-corrected chi connectivity index (χ4v) is 2.94. The van der Waals surface area contributed by atoms with Gasteiger partial charge in [0, 0.05) is 10.6 Å². The van der Waals surface area contributed by atoms with Gasteiger partial charge < -0.3 is 9.47 Å². The van der Waals surface area contributed by atoms with Crippen LogP contribution in [0.15, 0.2) is 71.8 Å². The summed E-state index contributed by atoms with van der Waals surface area (Å²) in [7, 11) is 1.57. The Balaban J connectivity index is 1.64. The first kappa shape index (κ1) is 20.4. The highest BCUT2D eigenvalue weighted by molar-refractivity contribution is 6.30. The van der Waals surface area contributed by atoms with E-state index in [1.54, 1.807) is 31.5 Å². The van der Waals surface area contributed by atoms with Crippen molar-refractivity contribution >= 4 is 23.7 Å². The molecule has 1 amide bonds. The number of hydrazone groups is 1. The van der Waals surface area contributed by atoms with Gasteiger partial charge in [-0.2, -0.15) is 5.10 Å². The van der Waals surface area contributed by atoms with Crippen molar-refractivity contribution in [3.8, 4) is 11.5 Å². The summed E-state index contributed by atoms with van der Waals surface area (Å²) in [6, 6.07) is 20.3. The molecule has 0 aliphatic carbocycles. The number of rotatable bonds is 7. The van der Waals surface area contributed by atoms with Crippen molar-refractivity contribution in [2.75, 3.05) is 7.11 Å². The van der Waals surface area contributed by atoms with Gasteiger partial charge >= 0.3 is 0 Å². The van der Waals surface area contributed by atoms with Crippen LogP contribution in [0.5, 0.6) is 11.5 Å². The molecule has 0 radical (unpaired) electrons. The zero-order valence-corrected chi connectivity index (χ0v) is 16.9. The van der Waals surface area contributed by atoms with Crippen molar-refractivity contribution < 1.29 is 14.3 Å². The molecule has 0 unspecified atom stereocenters. The normalized spacial score (nSPS) is 10.7. The van der Waals surface area contributed by atoms with Gasteiger partial charge in [0.25, 0.3) is 5.91 Å². The highest BCUT2D eigenvalue weighted by Crippen LogP contribution is 2.28. The SMILES string of the molecule is COc1cc(/C=N/NC(=O)c2ccccc2C)ccc1OCc1cccc(Cl)c1. The van der Waals surface area contributed by atoms with E-state index < -0.39 is 0 Å². The summed E-state index contributed by atoms with van der Waals surface area (Å²) < 4.78 is 11.3. The average Bonchev–Trinajstić information content (AvgIpc) is 2.73. The van der Waals surface area contributed by atoms with Crippen LogP contribution in [0.3, 0.4) is 0 Å². The van der Waals surface area contributed by atoms with E-state index in [0.717, 1.165) is 16.7 Å². The van der Waals surface area contributed by atoms with E-state index >= 15 is 0 Å². The number of benzene rings is 3. The number of carbonyl (C=O) groups is 1. The summed E-state index contributed by atoms with van der Waals surface area (Å²) in [6.45, 7) is 2.25. The average molecular weight is 409 g/mol. The van der Waals surface area contributed by atoms with Crippen molar-refractivity contribution in [3.05, 3.63) is 94.0 Å². The van der Waals surface area contributed by atoms with Gasteiger partial charge in [0.2, 0.25) is 0 Å². The topological polar surface area (TPSA) is 59.9 Å². The lowest BCUT2D eigenvalue weighted by Gasteiger charge is -2.11. The van der Waals surface area contributed by atoms with Crippen molar-refractivity contribution in [3.63, 3.8) is 0 Å². The molecule has 0 fully saturated rings. The number of hydrogen-bond acceptors (Lipinski definition) is 4. The van der Waals surface area contributed by atoms with Gasteiger partial charge in [-0.3, -0.25) is 4.79 Å². The van der Waals surface area contributed by atoms with E-state index in [1.807, 2.05) is 55.5 Å². The molecular formula is C23H21ClN2O3. The molecule has 3 rings (SSSR count). The zero-order chi connectivity index (χ0) is 20.6. The fraction of sp³-hybridized carbons (Fsp3) is 0.130. The van der Waals surface area contributed by atoms with Crippen LogP contribution in [0.4, 0.5) is 0 Å². The minimum Gasteiger partial charge on any atom is -0.493 e. The van der Waals surface area contributed by atoms with Crippen LogP contribution in [0, 0.1) is 6.92 Å². The van der Waals surface area contributed by atoms with Gasteiger partial charge in [-0.15, -0.1) is 0 Å². The number of halogens is 1. The van der Waals surface area contributed by atoms with Crippen molar-refractivity contribution in [2.45, 2.75) is 13.5 Å². The molecule has 0 aromatic heterocycles. The first-order valence-electron chi connectivity index (χ1n) is 9.01. The van der Waals surface area contributed by atoms with Gasteiger partial charge in [-0.1, -0.05) is 41.9 Å². The summed E-state index contributed by atoms with van der Waals surface area (Å²) >= 11 is 6.00. The summed E-state index contributed by atoms with van der Waals surface area (Å²) in [4.78, 5) is 12.2. The third-order valence-corrected chi connectivity index (χ3v) is 4.48. The first-order valence-corrected chi connectivity index (χ1v) is 9.39. The molecule has 3 aromatic carbocycles. The Morgan fingerprint density at radius 3 is 2.66 bits per heavy atom. The molecule has 0 aliphatic heterocycles. The monoisotopic (exact) mass is 408 g/mol. The maximum absolute atomic E-state index is 12.2. The number of aryl methyl sites for hydroxylation is 1. The van der Waals surface area contributed by atoms with Crippen molar-refractivity contribution in [2.24, 2.45) is 5.10 Å². The molecule has 5 nitrogen and oxygen atoms in total. The minimum absolute atomic E-state index is 0.257. The van der Waals surface area contributed by atoms with Crippen molar-refractivity contribution in [1.82, 2.24) is 5.43 Å². The van der Waals surface area contributed by atoms with Gasteiger partial charge in [0.15, 0.2) is 11.5 Å². The molecule has 0 saturated heterocycles. The third kappa shape index (κ3) is 5.59. The molecule has 148 valence electrons. The Morgan fingerprint density at radius 2 is 1.90 bits per heavy atom. The zero-order valence-electron chi connectivity index (χ0n) is 16.2. The summed E-state index contributed by atoms with van der Waals surface area (Å²) in [6.07, 6.45) is 1.56. The number of nitrogens with zero attached hydrogens (tertiary/aromatic N) is 1. The molecule has 0 spiro atoms. The van der Waals surface area contributed by atoms with Gasteiger partial charge in [0.1, 0.15) is 6.61 Å². The molecule has 6 heteroatoms. The van der Waals surface area contributed by atoms with E-state index in [2.05, 4.69) is 10.5 Å². The fourth-order valence-electron chi connectivity index (χ4n) is 2.72. The second kappa shape index (κ2) is 9.75. The van der Waals surface area contributed by atoms with Gasteiger partial charge in [-0.25, -0.2) is 5.43 Å². The van der Waals surface area contributed by atoms with Crippen LogP contribution >= 0.6 is 11.6 Å². The smallest absolute Gasteiger partial charge is 0.271 e. The lowest BCUT2D eigenvalue weighted by atomic mass is 10.1. The molecule has 0 atom stereocenters. The van der Waals surface area contributed by atoms with E-state index in [-0.39, 0.29) is 5.91 Å². The van der Waals surface area contributed by atoms with Crippen LogP contribution in [-0.4, -0.2) is 19.2 Å². The summed E-state index contributed by atoms with van der Waals surface area (Å²) in [5.74, 6) is 0.919. The Labute approximate surface area is 174 Å². The van der Waals surface area contributed by atoms with Crippen LogP contribution in [-0.2, 0) is 6.61 Å². The number of amides is 1. The van der Waals surface area contributed by atoms with Crippen molar-refractivity contribution in [1.29, 1.82) is 0 Å². The van der Waals surface area contributed by atoms with E-state index in [4.69, 9.17) is 21.1 Å². The Bertz CT molecular complexity index is 1030. The minimum atomic E-state index is -0.257. The molecule has 3 aromatic rings. The third-order valence-electron chi connectivity index (χ3n) is 4.24. The quantitative estimate of drug-likeness (QED) is 0.442. The van der Waals surface area contributed by atoms with Crippen LogP contribution in [0.2, 0.25) is 5.02 Å². The van der Waals surface area contributed by atoms with Crippen LogP contribution in [0.1, 0.15) is 27.0 Å². The Kier molecular flexibility index (Phi) is 6.87. The number of ether oxygens (including phenoxy) is 2. The van der Waals surface area contributed by atoms with E-state index in [9.17, 15) is 4.79 Å². The number of carbonyl (C=O) groups excluding carboxylic acids is 1. The van der Waals surface area contributed by atoms with Gasteiger partial charge in [-0.05, 0) is 60.0 Å². The maximum Gasteiger partial charge on any atom is 0.271 e. The predicted molar refractivity (Wildman–Crippen MR) is 115 cm³/mol. The Hall–Kier alpha value is -3.31. The molecular weight excluding hydrogens is 388 g/mol. The maximum atomic E-state index is 12.2. The first-order chi connectivity index (χ1) is 14.1. The largest absolute Gasteiger partial charge is 0.493 e. The standard InChI is InChI=1S/C23H21ClN2O3/c1-16-6-3-4-9-20(16)23(27)26-25-14-17-10-11-21(22(13-17)28-2)29-15-18-7-5-8-19(24)12-18/h3-14H,15H2,1-2H3,(H,26,27)/b25-14+. The molecule has 0 heterocycles. The second-order valence-electron chi connectivity index (χ2n) is 6.34. The summed E-state index contributed by atoms with van der Waals surface area (Å²) in [5, 5.41) is 4.70. The molecule has 0 bridgehead atoms. The van der Waals surface area contributed by atoms with Gasteiger partial charge in [0.05, 0.1) is 13.3 Å². The number of nitrogens with one attached hydrogen (secondary N) is 1. The molecule has 1 N–H and O–H groups in total. The highest BCUT2D eigenvalue weighted by atomic mass is 35.5. The van der Waals surface area contributed by atoms with E-state index in [1.165, 1.54) is 0 Å². The lowest BCUT2D eigenvalue weighted by molar-refractivity contribution is 0.0954. The second-order valence-corrected chi connectivity index (χ2v) is 6.78. The summed E-state index contributed by atoms with van der Waals surface area (Å²) in [5.41, 5.74) is 5.75. The molecule has 0 aliphatic rings. The number of hydrogen-bond donors (Lipinski definition) is 1. The van der Waals surface area contributed by atoms with E-state index in [0.29, 0.717) is 28.7 Å². The predicted octanol–water partition coefficient (Wildman–Crippen LogP) is 5.00. The molecule has 29 heavy (non-hydrogen) atoms.